The van der Waals surface area contributed by atoms with Crippen molar-refractivity contribution in [3.63, 3.8) is 0 Å². The van der Waals surface area contributed by atoms with E-state index in [1.54, 1.807) is 6.08 Å². The Morgan fingerprint density at radius 1 is 0.962 bits per heavy atom. The predicted octanol–water partition coefficient (Wildman–Crippen LogP) is 8.01. The summed E-state index contributed by atoms with van der Waals surface area (Å²) < 4.78 is 0. The smallest absolute Gasteiger partial charge is 0.00263 e. The highest BCUT2D eigenvalue weighted by Gasteiger charge is 2.08. The molecule has 0 aliphatic carbocycles. The summed E-state index contributed by atoms with van der Waals surface area (Å²) in [7, 11) is 0. The third-order valence-electron chi connectivity index (χ3n) is 4.59. The van der Waals surface area contributed by atoms with E-state index in [0.717, 1.165) is 12.0 Å². The second-order valence-electron chi connectivity index (χ2n) is 6.83. The van der Waals surface area contributed by atoms with Gasteiger partial charge in [-0.05, 0) is 80.0 Å². The molecule has 0 N–H and O–H groups in total. The fourth-order valence-corrected chi connectivity index (χ4v) is 2.77. The highest BCUT2D eigenvalue weighted by molar-refractivity contribution is 5.74. The van der Waals surface area contributed by atoms with Gasteiger partial charge >= 0.3 is 0 Å². The van der Waals surface area contributed by atoms with Crippen molar-refractivity contribution in [1.29, 1.82) is 0 Å². The molecule has 0 saturated heterocycles. The van der Waals surface area contributed by atoms with Crippen molar-refractivity contribution < 1.29 is 0 Å². The van der Waals surface area contributed by atoms with Crippen LogP contribution in [0.4, 0.5) is 0 Å². The first kappa shape index (κ1) is 21.4. The Kier molecular flexibility index (Phi) is 8.58. The third-order valence-corrected chi connectivity index (χ3v) is 4.59. The second-order valence-corrected chi connectivity index (χ2v) is 6.83. The Bertz CT molecular complexity index is 800. The molecule has 26 heavy (non-hydrogen) atoms. The predicted molar refractivity (Wildman–Crippen MR) is 120 cm³/mol. The summed E-state index contributed by atoms with van der Waals surface area (Å²) in [5, 5.41) is 0. The van der Waals surface area contributed by atoms with E-state index >= 15 is 0 Å². The standard InChI is InChI=1S/C26H32/c1-9-11-13-20(5)23(8)25-15-16-26(22(7)18-25)21(6)17-24(19(3)4)14-12-10-2/h9-16,18H,1-2,6,17H2,3-5,7-8H3/b13-11-,14-12-,23-20+. The van der Waals surface area contributed by atoms with E-state index in [4.69, 9.17) is 0 Å². The lowest BCUT2D eigenvalue weighted by atomic mass is 9.91. The van der Waals surface area contributed by atoms with Gasteiger partial charge in [-0.25, -0.2) is 0 Å². The van der Waals surface area contributed by atoms with Gasteiger partial charge in [-0.2, -0.15) is 0 Å². The van der Waals surface area contributed by atoms with Crippen LogP contribution in [0.3, 0.4) is 0 Å². The van der Waals surface area contributed by atoms with Crippen molar-refractivity contribution in [3.05, 3.63) is 108 Å². The zero-order valence-electron chi connectivity index (χ0n) is 17.0. The molecule has 1 aromatic rings. The summed E-state index contributed by atoms with van der Waals surface area (Å²) in [6.07, 6.45) is 12.6. The van der Waals surface area contributed by atoms with Crippen LogP contribution in [0.1, 0.15) is 50.8 Å². The van der Waals surface area contributed by atoms with Crippen molar-refractivity contribution in [1.82, 2.24) is 0 Å². The molecule has 0 amide bonds. The van der Waals surface area contributed by atoms with Gasteiger partial charge in [0.15, 0.2) is 0 Å². The number of allylic oxidation sites excluding steroid dienone is 11. The minimum Gasteiger partial charge on any atom is -0.0991 e. The van der Waals surface area contributed by atoms with Gasteiger partial charge in [0.25, 0.3) is 0 Å². The quantitative estimate of drug-likeness (QED) is 0.419. The van der Waals surface area contributed by atoms with Crippen molar-refractivity contribution in [3.8, 4) is 0 Å². The first-order valence-electron chi connectivity index (χ1n) is 9.03. The average molecular weight is 345 g/mol. The fraction of sp³-hybridized carbons (Fsp3) is 0.231. The van der Waals surface area contributed by atoms with E-state index in [9.17, 15) is 0 Å². The van der Waals surface area contributed by atoms with E-state index < -0.39 is 0 Å². The van der Waals surface area contributed by atoms with Gasteiger partial charge in [0.05, 0.1) is 0 Å². The molecule has 0 bridgehead atoms. The minimum absolute atomic E-state index is 0.850. The summed E-state index contributed by atoms with van der Waals surface area (Å²) in [5.74, 6) is 0. The maximum atomic E-state index is 4.34. The molecular formula is C26H32. The first-order valence-corrected chi connectivity index (χ1v) is 9.03. The largest absolute Gasteiger partial charge is 0.0991 e. The molecule has 1 rings (SSSR count). The van der Waals surface area contributed by atoms with Gasteiger partial charge in [-0.15, -0.1) is 0 Å². The highest BCUT2D eigenvalue weighted by atomic mass is 14.1. The normalized spacial score (nSPS) is 12.2. The van der Waals surface area contributed by atoms with E-state index in [-0.39, 0.29) is 0 Å². The Morgan fingerprint density at radius 2 is 1.58 bits per heavy atom. The van der Waals surface area contributed by atoms with E-state index in [1.165, 1.54) is 39.0 Å². The SMILES string of the molecule is C=C/C=C\C(CC(=C)c1ccc(/C(C)=C(C)/C=C\C=C)cc1C)=C(C)C. The molecule has 0 nitrogen and oxygen atoms in total. The van der Waals surface area contributed by atoms with Crippen LogP contribution in [0.25, 0.3) is 11.1 Å². The Hall–Kier alpha value is -2.60. The van der Waals surface area contributed by atoms with Gasteiger partial charge in [-0.3, -0.25) is 0 Å². The second kappa shape index (κ2) is 10.4. The van der Waals surface area contributed by atoms with E-state index in [2.05, 4.69) is 84.7 Å². The molecule has 0 heteroatoms. The molecule has 0 fully saturated rings. The van der Waals surface area contributed by atoms with Crippen LogP contribution in [-0.4, -0.2) is 0 Å². The Balaban J connectivity index is 3.14. The van der Waals surface area contributed by atoms with Crippen LogP contribution in [-0.2, 0) is 0 Å². The van der Waals surface area contributed by atoms with Crippen LogP contribution < -0.4 is 0 Å². The number of hydrogen-bond donors (Lipinski definition) is 0. The number of hydrogen-bond acceptors (Lipinski definition) is 0. The summed E-state index contributed by atoms with van der Waals surface area (Å²) in [6, 6.07) is 6.64. The molecule has 0 aliphatic rings. The summed E-state index contributed by atoms with van der Waals surface area (Å²) in [4.78, 5) is 0. The van der Waals surface area contributed by atoms with Gasteiger partial charge < -0.3 is 0 Å². The molecule has 0 aliphatic heterocycles. The van der Waals surface area contributed by atoms with Gasteiger partial charge in [0.2, 0.25) is 0 Å². The highest BCUT2D eigenvalue weighted by Crippen LogP contribution is 2.29. The molecule has 136 valence electrons. The topological polar surface area (TPSA) is 0 Å². The van der Waals surface area contributed by atoms with Crippen LogP contribution in [0.15, 0.2) is 91.1 Å². The van der Waals surface area contributed by atoms with Gasteiger partial charge in [-0.1, -0.05) is 80.0 Å². The minimum atomic E-state index is 0.850. The number of rotatable bonds is 8. The summed E-state index contributed by atoms with van der Waals surface area (Å²) in [5.41, 5.74) is 10.0. The summed E-state index contributed by atoms with van der Waals surface area (Å²) >= 11 is 0. The van der Waals surface area contributed by atoms with Crippen LogP contribution in [0.5, 0.6) is 0 Å². The molecule has 0 saturated carbocycles. The lowest BCUT2D eigenvalue weighted by Crippen LogP contribution is -1.93. The van der Waals surface area contributed by atoms with Gasteiger partial charge in [0.1, 0.15) is 0 Å². The zero-order chi connectivity index (χ0) is 19.7. The Morgan fingerprint density at radius 3 is 2.12 bits per heavy atom. The van der Waals surface area contributed by atoms with Crippen LogP contribution in [0.2, 0.25) is 0 Å². The molecule has 0 heterocycles. The van der Waals surface area contributed by atoms with E-state index in [1.807, 2.05) is 18.2 Å². The van der Waals surface area contributed by atoms with Crippen molar-refractivity contribution >= 4 is 11.1 Å². The van der Waals surface area contributed by atoms with Gasteiger partial charge in [0, 0.05) is 0 Å². The van der Waals surface area contributed by atoms with Crippen molar-refractivity contribution in [2.24, 2.45) is 0 Å². The van der Waals surface area contributed by atoms with Crippen LogP contribution in [0, 0.1) is 6.92 Å². The molecule has 0 aromatic heterocycles. The maximum absolute atomic E-state index is 4.34. The zero-order valence-corrected chi connectivity index (χ0v) is 17.0. The lowest BCUT2D eigenvalue weighted by Gasteiger charge is -2.14. The van der Waals surface area contributed by atoms with E-state index in [0.29, 0.717) is 0 Å². The molecule has 0 radical (unpaired) electrons. The third kappa shape index (κ3) is 6.04. The van der Waals surface area contributed by atoms with Crippen molar-refractivity contribution in [2.45, 2.75) is 41.0 Å². The fourth-order valence-electron chi connectivity index (χ4n) is 2.77. The molecule has 1 aromatic carbocycles. The lowest BCUT2D eigenvalue weighted by molar-refractivity contribution is 1.20. The number of benzene rings is 1. The average Bonchev–Trinajstić information content (AvgIpc) is 2.61. The molecular weight excluding hydrogens is 312 g/mol. The number of aryl methyl sites for hydroxylation is 1. The Labute approximate surface area is 160 Å². The first-order chi connectivity index (χ1) is 12.3. The monoisotopic (exact) mass is 344 g/mol. The van der Waals surface area contributed by atoms with Crippen molar-refractivity contribution in [2.75, 3.05) is 0 Å². The molecule has 0 spiro atoms. The molecule has 0 unspecified atom stereocenters. The summed E-state index contributed by atoms with van der Waals surface area (Å²) in [6.45, 7) is 22.6. The maximum Gasteiger partial charge on any atom is -0.00263 e. The molecule has 0 atom stereocenters. The van der Waals surface area contributed by atoms with Crippen LogP contribution >= 0.6 is 0 Å².